The second-order valence-electron chi connectivity index (χ2n) is 6.31. The summed E-state index contributed by atoms with van der Waals surface area (Å²) in [7, 11) is 1.77. The maximum Gasteiger partial charge on any atom is 0.0644 e. The standard InChI is InChI=1S/C15H29BrO2/c1-14(2,17-3)10-11-18-13-15(12-16)8-6-4-5-7-9-15/h4-13H2,1-3H3. The molecule has 108 valence electrons. The Morgan fingerprint density at radius 2 is 1.72 bits per heavy atom. The van der Waals surface area contributed by atoms with E-state index in [1.807, 2.05) is 0 Å². The lowest BCUT2D eigenvalue weighted by molar-refractivity contribution is -0.0241. The van der Waals surface area contributed by atoms with Crippen LogP contribution >= 0.6 is 15.9 Å². The van der Waals surface area contributed by atoms with E-state index in [4.69, 9.17) is 9.47 Å². The molecule has 0 spiro atoms. The summed E-state index contributed by atoms with van der Waals surface area (Å²) in [4.78, 5) is 0. The molecule has 0 aromatic heterocycles. The smallest absolute Gasteiger partial charge is 0.0644 e. The molecule has 1 aliphatic rings. The zero-order chi connectivity index (χ0) is 13.5. The Labute approximate surface area is 121 Å². The molecule has 0 amide bonds. The van der Waals surface area contributed by atoms with Crippen LogP contribution < -0.4 is 0 Å². The Morgan fingerprint density at radius 3 is 2.22 bits per heavy atom. The molecular weight excluding hydrogens is 292 g/mol. The third kappa shape index (κ3) is 5.58. The largest absolute Gasteiger partial charge is 0.381 e. The topological polar surface area (TPSA) is 18.5 Å². The Hall–Kier alpha value is 0.400. The summed E-state index contributed by atoms with van der Waals surface area (Å²) in [5.41, 5.74) is 0.318. The SMILES string of the molecule is COC(C)(C)CCOCC1(CBr)CCCCCC1. The van der Waals surface area contributed by atoms with Crippen molar-refractivity contribution in [3.63, 3.8) is 0 Å². The van der Waals surface area contributed by atoms with Crippen LogP contribution in [0.25, 0.3) is 0 Å². The molecule has 1 rings (SSSR count). The third-order valence-electron chi connectivity index (χ3n) is 4.26. The number of hydrogen-bond donors (Lipinski definition) is 0. The van der Waals surface area contributed by atoms with E-state index in [9.17, 15) is 0 Å². The fourth-order valence-corrected chi connectivity index (χ4v) is 3.23. The van der Waals surface area contributed by atoms with E-state index in [0.29, 0.717) is 5.41 Å². The van der Waals surface area contributed by atoms with Gasteiger partial charge in [-0.15, -0.1) is 0 Å². The van der Waals surface area contributed by atoms with E-state index < -0.39 is 0 Å². The lowest BCUT2D eigenvalue weighted by Crippen LogP contribution is -2.30. The highest BCUT2D eigenvalue weighted by molar-refractivity contribution is 9.09. The molecule has 2 nitrogen and oxygen atoms in total. The molecular formula is C15H29BrO2. The zero-order valence-corrected chi connectivity index (χ0v) is 13.9. The molecule has 0 radical (unpaired) electrons. The first kappa shape index (κ1) is 16.5. The third-order valence-corrected chi connectivity index (χ3v) is 5.45. The zero-order valence-electron chi connectivity index (χ0n) is 12.3. The fourth-order valence-electron chi connectivity index (χ4n) is 2.50. The predicted molar refractivity (Wildman–Crippen MR) is 80.5 cm³/mol. The highest BCUT2D eigenvalue weighted by Gasteiger charge is 2.30. The molecule has 0 heterocycles. The van der Waals surface area contributed by atoms with E-state index in [1.54, 1.807) is 7.11 Å². The summed E-state index contributed by atoms with van der Waals surface area (Å²) < 4.78 is 11.4. The maximum atomic E-state index is 5.95. The average Bonchev–Trinajstić information content (AvgIpc) is 2.61. The van der Waals surface area contributed by atoms with Crippen LogP contribution in [0.15, 0.2) is 0 Å². The minimum absolute atomic E-state index is 0.0645. The minimum atomic E-state index is -0.0645. The predicted octanol–water partition coefficient (Wildman–Crippen LogP) is 4.55. The number of alkyl halides is 1. The molecule has 1 saturated carbocycles. The molecule has 0 saturated heterocycles. The fraction of sp³-hybridized carbons (Fsp3) is 1.00. The van der Waals surface area contributed by atoms with Crippen molar-refractivity contribution in [1.29, 1.82) is 0 Å². The second kappa shape index (κ2) is 7.86. The molecule has 18 heavy (non-hydrogen) atoms. The first-order valence-electron chi connectivity index (χ1n) is 7.22. The van der Waals surface area contributed by atoms with Gasteiger partial charge in [-0.05, 0) is 33.1 Å². The summed E-state index contributed by atoms with van der Waals surface area (Å²) in [5.74, 6) is 0. The van der Waals surface area contributed by atoms with Gasteiger partial charge in [-0.1, -0.05) is 41.6 Å². The number of ether oxygens (including phenoxy) is 2. The van der Waals surface area contributed by atoms with Crippen LogP contribution in [0.5, 0.6) is 0 Å². The van der Waals surface area contributed by atoms with E-state index in [-0.39, 0.29) is 5.60 Å². The number of hydrogen-bond acceptors (Lipinski definition) is 2. The molecule has 0 aliphatic heterocycles. The van der Waals surface area contributed by atoms with Crippen LogP contribution in [0.3, 0.4) is 0 Å². The van der Waals surface area contributed by atoms with Crippen molar-refractivity contribution in [2.75, 3.05) is 25.7 Å². The van der Waals surface area contributed by atoms with Crippen LogP contribution in [0.1, 0.15) is 58.8 Å². The lowest BCUT2D eigenvalue weighted by atomic mass is 9.83. The van der Waals surface area contributed by atoms with E-state index in [1.165, 1.54) is 38.5 Å². The van der Waals surface area contributed by atoms with E-state index >= 15 is 0 Å². The number of halogens is 1. The normalized spacial score (nSPS) is 20.7. The van der Waals surface area contributed by atoms with E-state index in [2.05, 4.69) is 29.8 Å². The summed E-state index contributed by atoms with van der Waals surface area (Å²) in [6.45, 7) is 5.93. The van der Waals surface area contributed by atoms with Crippen LogP contribution in [0.4, 0.5) is 0 Å². The van der Waals surface area contributed by atoms with E-state index in [0.717, 1.165) is 25.0 Å². The van der Waals surface area contributed by atoms with Gasteiger partial charge in [0.2, 0.25) is 0 Å². The van der Waals surface area contributed by atoms with Gasteiger partial charge in [0.1, 0.15) is 0 Å². The van der Waals surface area contributed by atoms with Crippen molar-refractivity contribution in [3.8, 4) is 0 Å². The van der Waals surface area contributed by atoms with Crippen molar-refractivity contribution in [2.45, 2.75) is 64.4 Å². The van der Waals surface area contributed by atoms with Gasteiger partial charge in [0.05, 0.1) is 12.2 Å². The van der Waals surface area contributed by atoms with Crippen LogP contribution in [-0.4, -0.2) is 31.3 Å². The van der Waals surface area contributed by atoms with Gasteiger partial charge < -0.3 is 9.47 Å². The van der Waals surface area contributed by atoms with Gasteiger partial charge in [0.15, 0.2) is 0 Å². The Morgan fingerprint density at radius 1 is 1.11 bits per heavy atom. The Kier molecular flexibility index (Phi) is 7.19. The molecule has 1 fully saturated rings. The molecule has 1 aliphatic carbocycles. The molecule has 0 aromatic carbocycles. The second-order valence-corrected chi connectivity index (χ2v) is 6.87. The van der Waals surface area contributed by atoms with Crippen molar-refractivity contribution >= 4 is 15.9 Å². The molecule has 0 bridgehead atoms. The molecule has 0 atom stereocenters. The molecule has 0 aromatic rings. The quantitative estimate of drug-likeness (QED) is 0.389. The lowest BCUT2D eigenvalue weighted by Gasteiger charge is -2.31. The summed E-state index contributed by atoms with van der Waals surface area (Å²) >= 11 is 3.70. The van der Waals surface area contributed by atoms with Gasteiger partial charge in [-0.2, -0.15) is 0 Å². The highest BCUT2D eigenvalue weighted by atomic mass is 79.9. The minimum Gasteiger partial charge on any atom is -0.381 e. The first-order chi connectivity index (χ1) is 8.54. The summed E-state index contributed by atoms with van der Waals surface area (Å²) in [5, 5.41) is 1.08. The monoisotopic (exact) mass is 320 g/mol. The molecule has 0 unspecified atom stereocenters. The summed E-state index contributed by atoms with van der Waals surface area (Å²) in [6, 6.07) is 0. The van der Waals surface area contributed by atoms with Gasteiger partial charge in [-0.3, -0.25) is 0 Å². The summed E-state index contributed by atoms with van der Waals surface area (Å²) in [6.07, 6.45) is 9.09. The Bertz CT molecular complexity index is 221. The van der Waals surface area contributed by atoms with Crippen molar-refractivity contribution in [1.82, 2.24) is 0 Å². The van der Waals surface area contributed by atoms with Crippen LogP contribution in [0.2, 0.25) is 0 Å². The van der Waals surface area contributed by atoms with Gasteiger partial charge in [0, 0.05) is 24.5 Å². The van der Waals surface area contributed by atoms with Gasteiger partial charge in [0.25, 0.3) is 0 Å². The average molecular weight is 321 g/mol. The Balaban J connectivity index is 2.30. The number of methoxy groups -OCH3 is 1. The van der Waals surface area contributed by atoms with Crippen molar-refractivity contribution in [3.05, 3.63) is 0 Å². The molecule has 3 heteroatoms. The first-order valence-corrected chi connectivity index (χ1v) is 8.35. The molecule has 0 N–H and O–H groups in total. The van der Waals surface area contributed by atoms with Crippen molar-refractivity contribution < 1.29 is 9.47 Å². The van der Waals surface area contributed by atoms with Gasteiger partial charge >= 0.3 is 0 Å². The van der Waals surface area contributed by atoms with Crippen molar-refractivity contribution in [2.24, 2.45) is 5.41 Å². The van der Waals surface area contributed by atoms with Gasteiger partial charge in [-0.25, -0.2) is 0 Å². The highest BCUT2D eigenvalue weighted by Crippen LogP contribution is 2.37. The maximum absolute atomic E-state index is 5.95. The van der Waals surface area contributed by atoms with Crippen LogP contribution in [0, 0.1) is 5.41 Å². The number of rotatable bonds is 7. The van der Waals surface area contributed by atoms with Crippen LogP contribution in [-0.2, 0) is 9.47 Å².